The molecule has 0 spiro atoms. The first-order chi connectivity index (χ1) is 11.9. The fourth-order valence-electron chi connectivity index (χ4n) is 2.86. The fraction of sp³-hybridized carbons (Fsp3) is 0.474. The van der Waals surface area contributed by atoms with Gasteiger partial charge in [0, 0.05) is 24.1 Å². The topological polar surface area (TPSA) is 58.4 Å². The zero-order valence-electron chi connectivity index (χ0n) is 15.3. The summed E-state index contributed by atoms with van der Waals surface area (Å²) in [4.78, 5) is 14.8. The monoisotopic (exact) mass is 455 g/mol. The Morgan fingerprint density at radius 1 is 1.36 bits per heavy atom. The maximum atomic E-state index is 12.6. The van der Waals surface area contributed by atoms with Crippen LogP contribution in [0.25, 0.3) is 0 Å². The quantitative estimate of drug-likeness (QED) is 0.489. The molecule has 1 aromatic heterocycles. The van der Waals surface area contributed by atoms with Crippen molar-refractivity contribution in [2.75, 3.05) is 26.7 Å². The molecule has 1 unspecified atom stereocenters. The van der Waals surface area contributed by atoms with E-state index in [9.17, 15) is 4.79 Å². The molecule has 0 aliphatic carbocycles. The van der Waals surface area contributed by atoms with E-state index in [-0.39, 0.29) is 11.3 Å². The van der Waals surface area contributed by atoms with Crippen LogP contribution in [0.2, 0.25) is 0 Å². The van der Waals surface area contributed by atoms with E-state index in [0.717, 1.165) is 24.4 Å². The van der Waals surface area contributed by atoms with Gasteiger partial charge in [0.25, 0.3) is 5.91 Å². The molecule has 1 heterocycles. The summed E-state index contributed by atoms with van der Waals surface area (Å²) >= 11 is 2.20. The van der Waals surface area contributed by atoms with Crippen LogP contribution in [-0.4, -0.2) is 42.6 Å². The Morgan fingerprint density at radius 3 is 2.60 bits per heavy atom. The molecule has 1 aromatic carbocycles. The Bertz CT molecular complexity index is 702. The van der Waals surface area contributed by atoms with Crippen LogP contribution in [-0.2, 0) is 9.84 Å². The minimum atomic E-state index is -0.189. The molecule has 1 atom stereocenters. The molecule has 2 aromatic rings. The summed E-state index contributed by atoms with van der Waals surface area (Å²) in [5, 5.41) is 6.99. The molecule has 0 radical (unpaired) electrons. The molecule has 0 bridgehead atoms. The third kappa shape index (κ3) is 4.82. The van der Waals surface area contributed by atoms with Gasteiger partial charge >= 0.3 is 0 Å². The van der Waals surface area contributed by atoms with Gasteiger partial charge in [0.1, 0.15) is 5.76 Å². The van der Waals surface area contributed by atoms with Crippen LogP contribution in [0.1, 0.15) is 41.2 Å². The van der Waals surface area contributed by atoms with E-state index in [1.807, 2.05) is 25.1 Å². The number of likely N-dealkylation sites (N-methyl/N-ethyl adjacent to an activating group) is 1. The summed E-state index contributed by atoms with van der Waals surface area (Å²) in [6.45, 7) is 8.53. The van der Waals surface area contributed by atoms with Crippen LogP contribution >= 0.6 is 22.6 Å². The summed E-state index contributed by atoms with van der Waals surface area (Å²) in [7, 11) is 2.09. The van der Waals surface area contributed by atoms with E-state index >= 15 is 0 Å². The lowest BCUT2D eigenvalue weighted by atomic mass is 9.81. The Morgan fingerprint density at radius 2 is 2.04 bits per heavy atom. The predicted molar refractivity (Wildman–Crippen MR) is 108 cm³/mol. The summed E-state index contributed by atoms with van der Waals surface area (Å²) in [6.07, 6.45) is 0. The van der Waals surface area contributed by atoms with Gasteiger partial charge in [-0.15, -0.1) is 0 Å². The van der Waals surface area contributed by atoms with Crippen molar-refractivity contribution in [3.8, 4) is 0 Å². The molecule has 0 aliphatic rings. The second-order valence-electron chi connectivity index (χ2n) is 6.65. The van der Waals surface area contributed by atoms with Gasteiger partial charge in [-0.2, -0.15) is 0 Å². The highest BCUT2D eigenvalue weighted by atomic mass is 127. The predicted octanol–water partition coefficient (Wildman–Crippen LogP) is 3.56. The van der Waals surface area contributed by atoms with Crippen molar-refractivity contribution >= 4 is 28.5 Å². The minimum Gasteiger partial charge on any atom is -0.359 e. The third-order valence-electron chi connectivity index (χ3n) is 4.63. The molecule has 1 N–H and O–H groups in total. The first kappa shape index (κ1) is 19.9. The van der Waals surface area contributed by atoms with Crippen molar-refractivity contribution < 1.29 is 9.32 Å². The molecule has 0 saturated carbocycles. The van der Waals surface area contributed by atoms with Crippen LogP contribution in [0, 0.1) is 6.92 Å². The zero-order valence-corrected chi connectivity index (χ0v) is 17.5. The molecule has 5 nitrogen and oxygen atoms in total. The molecule has 0 saturated heterocycles. The van der Waals surface area contributed by atoms with Gasteiger partial charge < -0.3 is 14.7 Å². The number of carbonyl (C=O) groups excluding carboxylic acids is 1. The maximum Gasteiger partial charge on any atom is 0.273 e. The van der Waals surface area contributed by atoms with E-state index in [1.165, 1.54) is 5.56 Å². The highest BCUT2D eigenvalue weighted by Gasteiger charge is 2.29. The number of amides is 1. The maximum absolute atomic E-state index is 12.6. The molecule has 25 heavy (non-hydrogen) atoms. The number of halogens is 1. The van der Waals surface area contributed by atoms with Crippen molar-refractivity contribution in [1.82, 2.24) is 15.4 Å². The zero-order chi connectivity index (χ0) is 18.4. The summed E-state index contributed by atoms with van der Waals surface area (Å²) in [6, 6.07) is 10.3. The van der Waals surface area contributed by atoms with Crippen LogP contribution in [0.15, 0.2) is 34.9 Å². The lowest BCUT2D eigenvalue weighted by Crippen LogP contribution is -2.46. The van der Waals surface area contributed by atoms with Crippen LogP contribution in [0.5, 0.6) is 0 Å². The smallest absolute Gasteiger partial charge is 0.273 e. The number of rotatable bonds is 8. The van der Waals surface area contributed by atoms with Crippen molar-refractivity contribution in [3.05, 3.63) is 52.9 Å². The van der Waals surface area contributed by atoms with E-state index < -0.39 is 0 Å². The van der Waals surface area contributed by atoms with Gasteiger partial charge in [0.05, 0.1) is 4.43 Å². The average Bonchev–Trinajstić information content (AvgIpc) is 3.01. The van der Waals surface area contributed by atoms with Gasteiger partial charge in [0.2, 0.25) is 0 Å². The number of nitrogens with zero attached hydrogens (tertiary/aromatic N) is 2. The number of alkyl halides is 1. The van der Waals surface area contributed by atoms with E-state index in [1.54, 1.807) is 0 Å². The lowest BCUT2D eigenvalue weighted by molar-refractivity contribution is 0.0930. The number of hydrogen-bond donors (Lipinski definition) is 1. The van der Waals surface area contributed by atoms with Crippen LogP contribution in [0.3, 0.4) is 0 Å². The fourth-order valence-corrected chi connectivity index (χ4v) is 3.57. The van der Waals surface area contributed by atoms with Gasteiger partial charge in [-0.25, -0.2) is 0 Å². The van der Waals surface area contributed by atoms with Crippen molar-refractivity contribution in [2.45, 2.75) is 30.6 Å². The average molecular weight is 455 g/mol. The molecule has 2 rings (SSSR count). The first-order valence-corrected chi connectivity index (χ1v) is 9.97. The highest BCUT2D eigenvalue weighted by Crippen LogP contribution is 2.24. The third-order valence-corrected chi connectivity index (χ3v) is 5.32. The van der Waals surface area contributed by atoms with Crippen LogP contribution in [0.4, 0.5) is 0 Å². The molecule has 0 fully saturated rings. The number of carbonyl (C=O) groups is 1. The van der Waals surface area contributed by atoms with E-state index in [0.29, 0.717) is 16.7 Å². The lowest BCUT2D eigenvalue weighted by Gasteiger charge is -2.34. The second kappa shape index (κ2) is 8.80. The first-order valence-electron chi connectivity index (χ1n) is 8.44. The standard InChI is InChI=1S/C19H26IN3O2/c1-5-23(4)13-19(3,15-9-7-6-8-10-15)12-21-18(24)17-14(2)16(11-20)25-22-17/h6-10H,5,11-13H2,1-4H3,(H,21,24). The summed E-state index contributed by atoms with van der Waals surface area (Å²) in [5.74, 6) is 0.570. The number of hydrogen-bond acceptors (Lipinski definition) is 4. The van der Waals surface area contributed by atoms with E-state index in [4.69, 9.17) is 4.52 Å². The molecular weight excluding hydrogens is 429 g/mol. The van der Waals surface area contributed by atoms with E-state index in [2.05, 4.69) is 71.0 Å². The summed E-state index contributed by atoms with van der Waals surface area (Å²) < 4.78 is 5.94. The summed E-state index contributed by atoms with van der Waals surface area (Å²) in [5.41, 5.74) is 2.22. The molecule has 1 amide bonds. The Labute approximate surface area is 163 Å². The van der Waals surface area contributed by atoms with Crippen LogP contribution < -0.4 is 5.32 Å². The normalized spacial score (nSPS) is 13.7. The second-order valence-corrected chi connectivity index (χ2v) is 7.42. The highest BCUT2D eigenvalue weighted by molar-refractivity contribution is 14.1. The van der Waals surface area contributed by atoms with Gasteiger partial charge in [-0.3, -0.25) is 4.79 Å². The molecule has 6 heteroatoms. The number of aromatic nitrogens is 1. The van der Waals surface area contributed by atoms with Crippen molar-refractivity contribution in [2.24, 2.45) is 0 Å². The van der Waals surface area contributed by atoms with Crippen molar-refractivity contribution in [3.63, 3.8) is 0 Å². The number of nitrogens with one attached hydrogen (secondary N) is 1. The minimum absolute atomic E-state index is 0.182. The number of benzene rings is 1. The Balaban J connectivity index is 2.16. The Hall–Kier alpha value is -1.41. The van der Waals surface area contributed by atoms with Gasteiger partial charge in [-0.05, 0) is 26.1 Å². The largest absolute Gasteiger partial charge is 0.359 e. The van der Waals surface area contributed by atoms with Crippen molar-refractivity contribution in [1.29, 1.82) is 0 Å². The molecular formula is C19H26IN3O2. The molecule has 136 valence electrons. The van der Waals surface area contributed by atoms with Gasteiger partial charge in [0.15, 0.2) is 5.69 Å². The Kier molecular flexibility index (Phi) is 7.01. The van der Waals surface area contributed by atoms with Gasteiger partial charge in [-0.1, -0.05) is 71.9 Å². The SMILES string of the molecule is CCN(C)CC(C)(CNC(=O)c1noc(CI)c1C)c1ccccc1. The molecule has 0 aliphatic heterocycles.